The van der Waals surface area contributed by atoms with Gasteiger partial charge in [-0.25, -0.2) is 4.79 Å². The van der Waals surface area contributed by atoms with Crippen molar-refractivity contribution in [2.24, 2.45) is 0 Å². The van der Waals surface area contributed by atoms with E-state index in [2.05, 4.69) is 10.2 Å². The molecule has 0 amide bonds. The van der Waals surface area contributed by atoms with Crippen LogP contribution in [0.3, 0.4) is 0 Å². The van der Waals surface area contributed by atoms with E-state index in [4.69, 9.17) is 33.7 Å². The van der Waals surface area contributed by atoms with Crippen LogP contribution in [0.4, 0.5) is 0 Å². The molecule has 0 atom stereocenters. The smallest absolute Gasteiger partial charge is 0.270 e. The van der Waals surface area contributed by atoms with Gasteiger partial charge < -0.3 is 0 Å². The third kappa shape index (κ3) is 4.36. The third-order valence-electron chi connectivity index (χ3n) is 4.74. The van der Waals surface area contributed by atoms with E-state index >= 15 is 0 Å². The molecule has 0 spiro atoms. The molecule has 12 heteroatoms. The summed E-state index contributed by atoms with van der Waals surface area (Å²) >= 11 is 12.8. The van der Waals surface area contributed by atoms with Crippen molar-refractivity contribution in [2.75, 3.05) is 0 Å². The molecule has 4 rings (SSSR count). The molecular formula is C22H11Cl2N7O3. The molecule has 0 saturated carbocycles. The number of nitriles is 2. The molecule has 1 N–H and O–H groups in total. The Morgan fingerprint density at radius 2 is 1.62 bits per heavy atom. The molecule has 0 aliphatic carbocycles. The van der Waals surface area contributed by atoms with Crippen LogP contribution in [0, 0.1) is 22.7 Å². The number of nitrogens with zero attached hydrogens (tertiary/aromatic N) is 6. The average molecular weight is 492 g/mol. The van der Waals surface area contributed by atoms with E-state index in [1.165, 1.54) is 35.0 Å². The highest BCUT2D eigenvalue weighted by molar-refractivity contribution is 6.36. The number of H-pyrrole nitrogens is 1. The Hall–Kier alpha value is -4.51. The van der Waals surface area contributed by atoms with Gasteiger partial charge in [-0.2, -0.15) is 25.0 Å². The van der Waals surface area contributed by atoms with E-state index < -0.39 is 16.9 Å². The largest absolute Gasteiger partial charge is 0.349 e. The maximum absolute atomic E-state index is 12.3. The first-order chi connectivity index (χ1) is 16.3. The van der Waals surface area contributed by atoms with E-state index in [9.17, 15) is 14.4 Å². The van der Waals surface area contributed by atoms with E-state index in [1.54, 1.807) is 24.3 Å². The highest BCUT2D eigenvalue weighted by Crippen LogP contribution is 2.29. The van der Waals surface area contributed by atoms with Crippen LogP contribution in [0.5, 0.6) is 0 Å². The predicted octanol–water partition coefficient (Wildman–Crippen LogP) is 2.11. The van der Waals surface area contributed by atoms with Crippen molar-refractivity contribution in [1.82, 2.24) is 24.5 Å². The summed E-state index contributed by atoms with van der Waals surface area (Å²) in [5, 5.41) is 26.5. The Balaban J connectivity index is 1.74. The van der Waals surface area contributed by atoms with Gasteiger partial charge in [0.1, 0.15) is 6.07 Å². The maximum Gasteiger partial charge on any atom is 0.349 e. The number of benzene rings is 2. The van der Waals surface area contributed by atoms with E-state index in [0.29, 0.717) is 22.5 Å². The minimum atomic E-state index is -0.904. The Bertz CT molecular complexity index is 1680. The number of halogens is 2. The summed E-state index contributed by atoms with van der Waals surface area (Å²) in [7, 11) is 0. The Morgan fingerprint density at radius 1 is 0.882 bits per heavy atom. The molecule has 2 heterocycles. The first-order valence-electron chi connectivity index (χ1n) is 9.52. The molecule has 166 valence electrons. The SMILES string of the molecule is N#Cc1cccc(-n2nc(Cc3c(Cl)cc(-n4nc(C#N)c(=O)[nH]c4=O)cc3Cl)ccc2=O)c1. The lowest BCUT2D eigenvalue weighted by molar-refractivity contribution is 0.740. The van der Waals surface area contributed by atoms with Gasteiger partial charge >= 0.3 is 5.69 Å². The second-order valence-electron chi connectivity index (χ2n) is 6.93. The fraction of sp³-hybridized carbons (Fsp3) is 0.0455. The van der Waals surface area contributed by atoms with Crippen LogP contribution in [0.25, 0.3) is 11.4 Å². The molecule has 10 nitrogen and oxygen atoms in total. The Labute approximate surface area is 200 Å². The first-order valence-corrected chi connectivity index (χ1v) is 10.3. The molecule has 4 aromatic rings. The van der Waals surface area contributed by atoms with Gasteiger partial charge in [-0.15, -0.1) is 5.10 Å². The van der Waals surface area contributed by atoms with Crippen molar-refractivity contribution >= 4 is 23.2 Å². The number of aromatic amines is 1. The zero-order valence-electron chi connectivity index (χ0n) is 17.0. The van der Waals surface area contributed by atoms with E-state index in [-0.39, 0.29) is 27.7 Å². The van der Waals surface area contributed by atoms with Gasteiger partial charge in [-0.1, -0.05) is 29.3 Å². The molecule has 0 aliphatic rings. The van der Waals surface area contributed by atoms with Crippen LogP contribution in [-0.2, 0) is 6.42 Å². The number of rotatable bonds is 4. The topological polar surface area (TPSA) is 150 Å². The number of hydrogen-bond donors (Lipinski definition) is 1. The average Bonchev–Trinajstić information content (AvgIpc) is 2.82. The summed E-state index contributed by atoms with van der Waals surface area (Å²) in [5.74, 6) is 0. The summed E-state index contributed by atoms with van der Waals surface area (Å²) < 4.78 is 1.97. The molecule has 0 fully saturated rings. The Morgan fingerprint density at radius 3 is 2.29 bits per heavy atom. The molecule has 0 unspecified atom stereocenters. The number of nitrogens with one attached hydrogen (secondary N) is 1. The highest BCUT2D eigenvalue weighted by Gasteiger charge is 2.15. The summed E-state index contributed by atoms with van der Waals surface area (Å²) in [5.41, 5.74) is -0.776. The molecule has 0 radical (unpaired) electrons. The summed E-state index contributed by atoms with van der Waals surface area (Å²) in [6.45, 7) is 0. The fourth-order valence-electron chi connectivity index (χ4n) is 3.15. The lowest BCUT2D eigenvalue weighted by Gasteiger charge is -2.12. The zero-order chi connectivity index (χ0) is 24.4. The van der Waals surface area contributed by atoms with Crippen molar-refractivity contribution in [3.05, 3.63) is 112 Å². The quantitative estimate of drug-likeness (QED) is 0.458. The van der Waals surface area contributed by atoms with Crippen LogP contribution < -0.4 is 16.8 Å². The van der Waals surface area contributed by atoms with Crippen molar-refractivity contribution in [2.45, 2.75) is 6.42 Å². The minimum absolute atomic E-state index is 0.141. The second kappa shape index (κ2) is 9.16. The standard InChI is InChI=1S/C22H11Cl2N7O3/c23-17-8-15(31-22(34)27-21(33)19(11-26)29-31)9-18(24)16(17)7-13-4-5-20(32)30(28-13)14-3-1-2-12(6-14)10-25/h1-6,8-9H,7H2,(H,27,33,34). The van der Waals surface area contributed by atoms with Crippen LogP contribution in [-0.4, -0.2) is 24.5 Å². The molecule has 2 aromatic carbocycles. The van der Waals surface area contributed by atoms with Gasteiger partial charge in [0.2, 0.25) is 5.69 Å². The molecule has 0 bridgehead atoms. The normalized spacial score (nSPS) is 10.5. The predicted molar refractivity (Wildman–Crippen MR) is 123 cm³/mol. The summed E-state index contributed by atoms with van der Waals surface area (Å²) in [6.07, 6.45) is 0.146. The lowest BCUT2D eigenvalue weighted by atomic mass is 10.1. The van der Waals surface area contributed by atoms with E-state index in [1.807, 2.05) is 11.1 Å². The molecular weight excluding hydrogens is 481 g/mol. The third-order valence-corrected chi connectivity index (χ3v) is 5.41. The van der Waals surface area contributed by atoms with Crippen molar-refractivity contribution in [3.63, 3.8) is 0 Å². The molecule has 0 saturated heterocycles. The molecule has 0 aliphatic heterocycles. The van der Waals surface area contributed by atoms with Crippen LogP contribution in [0.15, 0.2) is 62.9 Å². The van der Waals surface area contributed by atoms with Gasteiger partial charge in [0.15, 0.2) is 0 Å². The van der Waals surface area contributed by atoms with Crippen molar-refractivity contribution < 1.29 is 0 Å². The lowest BCUT2D eigenvalue weighted by Crippen LogP contribution is -2.33. The first kappa shape index (κ1) is 22.7. The zero-order valence-corrected chi connectivity index (χ0v) is 18.5. The second-order valence-corrected chi connectivity index (χ2v) is 7.75. The van der Waals surface area contributed by atoms with Crippen molar-refractivity contribution in [3.8, 4) is 23.5 Å². The van der Waals surface area contributed by atoms with Crippen LogP contribution in [0.1, 0.15) is 22.5 Å². The van der Waals surface area contributed by atoms with Gasteiger partial charge in [0.25, 0.3) is 11.1 Å². The summed E-state index contributed by atoms with van der Waals surface area (Å²) in [4.78, 5) is 38.1. The monoisotopic (exact) mass is 491 g/mol. The summed E-state index contributed by atoms with van der Waals surface area (Å²) in [6, 6.07) is 15.7. The maximum atomic E-state index is 12.3. The minimum Gasteiger partial charge on any atom is -0.270 e. The van der Waals surface area contributed by atoms with Crippen molar-refractivity contribution in [1.29, 1.82) is 10.5 Å². The number of hydrogen-bond acceptors (Lipinski definition) is 7. The van der Waals surface area contributed by atoms with E-state index in [0.717, 1.165) is 4.68 Å². The van der Waals surface area contributed by atoms with Gasteiger partial charge in [-0.3, -0.25) is 14.6 Å². The van der Waals surface area contributed by atoms with Gasteiger partial charge in [0.05, 0.1) is 28.7 Å². The highest BCUT2D eigenvalue weighted by atomic mass is 35.5. The van der Waals surface area contributed by atoms with Gasteiger partial charge in [-0.05, 0) is 42.0 Å². The Kier molecular flexibility index (Phi) is 6.11. The van der Waals surface area contributed by atoms with Crippen LogP contribution >= 0.6 is 23.2 Å². The molecule has 2 aromatic heterocycles. The number of aromatic nitrogens is 5. The van der Waals surface area contributed by atoms with Gasteiger partial charge in [0, 0.05) is 22.5 Å². The fourth-order valence-corrected chi connectivity index (χ4v) is 3.75. The molecule has 34 heavy (non-hydrogen) atoms. The van der Waals surface area contributed by atoms with Crippen LogP contribution in [0.2, 0.25) is 10.0 Å².